The van der Waals surface area contributed by atoms with Crippen molar-refractivity contribution in [1.82, 2.24) is 0 Å². The van der Waals surface area contributed by atoms with E-state index in [4.69, 9.17) is 16.6 Å². The molecule has 0 spiro atoms. The van der Waals surface area contributed by atoms with Crippen LogP contribution < -0.4 is 14.2 Å². The number of aryl methyl sites for hydroxylation is 1. The minimum atomic E-state index is -4.36. The van der Waals surface area contributed by atoms with Crippen LogP contribution in [0.2, 0.25) is 0 Å². The molecule has 0 atom stereocenters. The predicted molar refractivity (Wildman–Crippen MR) is 87.7 cm³/mol. The molecule has 0 N–H and O–H groups in total. The smallest absolute Gasteiger partial charge is 0.416 e. The lowest BCUT2D eigenvalue weighted by Gasteiger charge is -2.12. The Kier molecular flexibility index (Phi) is 5.96. The molecule has 0 heterocycles. The quantitative estimate of drug-likeness (QED) is 0.652. The summed E-state index contributed by atoms with van der Waals surface area (Å²) < 4.78 is 53.1. The van der Waals surface area contributed by atoms with E-state index >= 15 is 0 Å². The van der Waals surface area contributed by atoms with Crippen LogP contribution in [0, 0.1) is 14.0 Å². The molecule has 0 unspecified atom stereocenters. The van der Waals surface area contributed by atoms with Crippen molar-refractivity contribution in [2.75, 3.05) is 13.2 Å². The van der Waals surface area contributed by atoms with Gasteiger partial charge in [-0.3, -0.25) is 0 Å². The van der Waals surface area contributed by atoms with Gasteiger partial charge < -0.3 is 14.2 Å². The fraction of sp³-hybridized carbons (Fsp3) is 0.211. The molecule has 0 aliphatic rings. The van der Waals surface area contributed by atoms with Gasteiger partial charge in [0.25, 0.3) is 0 Å². The molecular formula is C19H17F3O3. The Labute approximate surface area is 144 Å². The highest BCUT2D eigenvalue weighted by Gasteiger charge is 2.29. The summed E-state index contributed by atoms with van der Waals surface area (Å²) in [6, 6.07) is 9.64. The van der Waals surface area contributed by atoms with Gasteiger partial charge in [0.15, 0.2) is 7.11 Å². The molecule has 2 aromatic carbocycles. The molecule has 0 aliphatic carbocycles. The maximum absolute atomic E-state index is 12.5. The summed E-state index contributed by atoms with van der Waals surface area (Å²) in [7, 11) is 5.12. The van der Waals surface area contributed by atoms with Gasteiger partial charge in [-0.25, -0.2) is 0 Å². The van der Waals surface area contributed by atoms with Crippen molar-refractivity contribution in [1.29, 1.82) is 0 Å². The molecule has 2 rings (SSSR count). The average Bonchev–Trinajstić information content (AvgIpc) is 2.58. The molecule has 2 aromatic rings. The van der Waals surface area contributed by atoms with Crippen LogP contribution in [0.1, 0.15) is 11.1 Å². The summed E-state index contributed by atoms with van der Waals surface area (Å²) in [6.45, 7) is 6.00. The maximum atomic E-state index is 12.5. The third-order valence-corrected chi connectivity index (χ3v) is 3.34. The van der Waals surface area contributed by atoms with Crippen LogP contribution in [0.3, 0.4) is 0 Å². The highest BCUT2D eigenvalue weighted by atomic mass is 19.4. The first-order valence-corrected chi connectivity index (χ1v) is 7.36. The van der Waals surface area contributed by atoms with Gasteiger partial charge in [-0.1, -0.05) is 6.58 Å². The fourth-order valence-electron chi connectivity index (χ4n) is 2.00. The molecule has 0 aliphatic heterocycles. The molecule has 0 saturated carbocycles. The largest absolute Gasteiger partial charge is 0.489 e. The van der Waals surface area contributed by atoms with Crippen molar-refractivity contribution in [2.45, 2.75) is 13.1 Å². The van der Waals surface area contributed by atoms with Crippen LogP contribution in [0.4, 0.5) is 13.2 Å². The lowest BCUT2D eigenvalue weighted by atomic mass is 10.2. The summed E-state index contributed by atoms with van der Waals surface area (Å²) in [5.41, 5.74) is 0.741. The highest BCUT2D eigenvalue weighted by molar-refractivity contribution is 5.39. The first-order chi connectivity index (χ1) is 11.8. The van der Waals surface area contributed by atoms with Crippen molar-refractivity contribution in [3.63, 3.8) is 0 Å². The summed E-state index contributed by atoms with van der Waals surface area (Å²) in [5.74, 6) is 1.50. The summed E-state index contributed by atoms with van der Waals surface area (Å²) in [4.78, 5) is 0. The fourth-order valence-corrected chi connectivity index (χ4v) is 2.00. The minimum Gasteiger partial charge on any atom is -0.489 e. The summed E-state index contributed by atoms with van der Waals surface area (Å²) in [6.07, 6.45) is -4.36. The van der Waals surface area contributed by atoms with E-state index in [-0.39, 0.29) is 13.2 Å². The van der Waals surface area contributed by atoms with Crippen molar-refractivity contribution < 1.29 is 27.4 Å². The maximum Gasteiger partial charge on any atom is 0.416 e. The van der Waals surface area contributed by atoms with Gasteiger partial charge in [0.05, 0.1) is 5.56 Å². The Bertz CT molecular complexity index is 722. The van der Waals surface area contributed by atoms with E-state index < -0.39 is 11.7 Å². The van der Waals surface area contributed by atoms with Gasteiger partial charge >= 0.3 is 6.18 Å². The first-order valence-electron chi connectivity index (χ1n) is 7.36. The monoisotopic (exact) mass is 350 g/mol. The van der Waals surface area contributed by atoms with Gasteiger partial charge in [0.2, 0.25) is 0 Å². The standard InChI is InChI=1S/C19H17F3O3/c1-13(12-25-17-8-9-18(23-3)14(2)10-17)11-24-16-6-4-15(5-7-16)19(20,21)22/h3-10H,1,11-12H2,2H3. The normalized spacial score (nSPS) is 11.1. The summed E-state index contributed by atoms with van der Waals surface area (Å²) in [5, 5.41) is 0. The molecule has 6 heteroatoms. The highest BCUT2D eigenvalue weighted by Crippen LogP contribution is 2.30. The van der Waals surface area contributed by atoms with Crippen LogP contribution in [0.25, 0.3) is 0 Å². The van der Waals surface area contributed by atoms with Crippen molar-refractivity contribution >= 4 is 0 Å². The second kappa shape index (κ2) is 7.96. The topological polar surface area (TPSA) is 27.7 Å². The predicted octanol–water partition coefficient (Wildman–Crippen LogP) is 5.08. The number of benzene rings is 2. The zero-order valence-electron chi connectivity index (χ0n) is 13.6. The molecule has 0 fully saturated rings. The number of hydrogen-bond donors (Lipinski definition) is 0. The molecule has 0 bridgehead atoms. The lowest BCUT2D eigenvalue weighted by Crippen LogP contribution is -2.09. The van der Waals surface area contributed by atoms with E-state index in [9.17, 15) is 13.2 Å². The zero-order chi connectivity index (χ0) is 18.4. The molecule has 3 nitrogen and oxygen atoms in total. The van der Waals surface area contributed by atoms with Gasteiger partial charge in [-0.05, 0) is 60.5 Å². The molecular weight excluding hydrogens is 333 g/mol. The molecule has 0 saturated heterocycles. The van der Waals surface area contributed by atoms with E-state index in [2.05, 4.69) is 11.3 Å². The molecule has 2 radical (unpaired) electrons. The Morgan fingerprint density at radius 1 is 1.00 bits per heavy atom. The van der Waals surface area contributed by atoms with Crippen LogP contribution in [0.15, 0.2) is 54.6 Å². The van der Waals surface area contributed by atoms with Crippen molar-refractivity contribution in [2.24, 2.45) is 0 Å². The van der Waals surface area contributed by atoms with Crippen LogP contribution in [0.5, 0.6) is 17.2 Å². The van der Waals surface area contributed by atoms with Crippen LogP contribution in [-0.4, -0.2) is 13.2 Å². The van der Waals surface area contributed by atoms with Gasteiger partial charge in [0.1, 0.15) is 30.5 Å². The van der Waals surface area contributed by atoms with E-state index in [0.717, 1.165) is 17.7 Å². The molecule has 25 heavy (non-hydrogen) atoms. The van der Waals surface area contributed by atoms with Crippen LogP contribution in [-0.2, 0) is 6.18 Å². The zero-order valence-corrected chi connectivity index (χ0v) is 13.6. The van der Waals surface area contributed by atoms with E-state index in [1.54, 1.807) is 18.2 Å². The Morgan fingerprint density at radius 3 is 2.08 bits per heavy atom. The van der Waals surface area contributed by atoms with Crippen molar-refractivity contribution in [3.05, 3.63) is 72.9 Å². The van der Waals surface area contributed by atoms with Gasteiger partial charge in [-0.2, -0.15) is 13.2 Å². The lowest BCUT2D eigenvalue weighted by molar-refractivity contribution is -0.137. The molecule has 0 amide bonds. The number of rotatable bonds is 7. The number of ether oxygens (including phenoxy) is 3. The number of alkyl halides is 3. The van der Waals surface area contributed by atoms with Gasteiger partial charge in [0, 0.05) is 0 Å². The molecule has 132 valence electrons. The van der Waals surface area contributed by atoms with Crippen molar-refractivity contribution in [3.8, 4) is 17.2 Å². The number of hydrogen-bond acceptors (Lipinski definition) is 3. The Balaban J connectivity index is 1.82. The van der Waals surface area contributed by atoms with Crippen LogP contribution >= 0.6 is 0 Å². The van der Waals surface area contributed by atoms with Gasteiger partial charge in [-0.15, -0.1) is 0 Å². The second-order valence-electron chi connectivity index (χ2n) is 5.39. The number of halogens is 3. The van der Waals surface area contributed by atoms with E-state index in [1.165, 1.54) is 12.1 Å². The SMILES string of the molecule is [CH]Oc1ccc(OCC(=C)COc2ccc(C(F)(F)F)cc2)cc1C. The molecule has 0 aromatic heterocycles. The first kappa shape index (κ1) is 18.7. The van der Waals surface area contributed by atoms with E-state index in [1.807, 2.05) is 6.92 Å². The third-order valence-electron chi connectivity index (χ3n) is 3.34. The second-order valence-corrected chi connectivity index (χ2v) is 5.39. The third kappa shape index (κ3) is 5.45. The Hall–Kier alpha value is -2.63. The Morgan fingerprint density at radius 2 is 1.56 bits per heavy atom. The van der Waals surface area contributed by atoms with E-state index in [0.29, 0.717) is 22.8 Å². The average molecular weight is 350 g/mol. The minimum absolute atomic E-state index is 0.133. The summed E-state index contributed by atoms with van der Waals surface area (Å²) >= 11 is 0.